The van der Waals surface area contributed by atoms with E-state index in [9.17, 15) is 23.1 Å². The fourth-order valence-electron chi connectivity index (χ4n) is 4.33. The Labute approximate surface area is 192 Å². The largest absolute Gasteiger partial charge is 0.388 e. The van der Waals surface area contributed by atoms with Crippen molar-refractivity contribution < 1.29 is 18.3 Å². The summed E-state index contributed by atoms with van der Waals surface area (Å²) < 4.78 is 42.7. The third kappa shape index (κ3) is 4.34. The maximum absolute atomic E-state index is 13.5. The molecule has 0 saturated carbocycles. The summed E-state index contributed by atoms with van der Waals surface area (Å²) in [5.41, 5.74) is 0.162. The average Bonchev–Trinajstić information content (AvgIpc) is 3.25. The normalized spacial score (nSPS) is 16.2. The molecular formula is C24H22F3N5O2. The molecule has 34 heavy (non-hydrogen) atoms. The summed E-state index contributed by atoms with van der Waals surface area (Å²) in [7, 11) is 0. The van der Waals surface area contributed by atoms with E-state index in [1.165, 1.54) is 40.0 Å². The van der Waals surface area contributed by atoms with Crippen molar-refractivity contribution in [3.05, 3.63) is 88.4 Å². The van der Waals surface area contributed by atoms with E-state index in [4.69, 9.17) is 0 Å². The predicted octanol–water partition coefficient (Wildman–Crippen LogP) is 3.03. The SMILES string of the molecule is O=c1c2cnn(-c3ccc(F)cc3)c2ncn1CC1(O)CCN(Cc2ccc(F)c(F)c2)CC1. The van der Waals surface area contributed by atoms with Gasteiger partial charge in [0.05, 0.1) is 24.0 Å². The van der Waals surface area contributed by atoms with Gasteiger partial charge >= 0.3 is 0 Å². The second-order valence-electron chi connectivity index (χ2n) is 8.70. The van der Waals surface area contributed by atoms with Gasteiger partial charge in [0, 0.05) is 19.6 Å². The highest BCUT2D eigenvalue weighted by atomic mass is 19.2. The second kappa shape index (κ2) is 8.69. The Bertz CT molecular complexity index is 1390. The molecule has 0 aliphatic carbocycles. The summed E-state index contributed by atoms with van der Waals surface area (Å²) in [6, 6.07) is 9.54. The minimum atomic E-state index is -1.10. The quantitative estimate of drug-likeness (QED) is 0.486. The van der Waals surface area contributed by atoms with Crippen LogP contribution in [0, 0.1) is 17.5 Å². The van der Waals surface area contributed by atoms with Crippen LogP contribution < -0.4 is 5.56 Å². The molecule has 7 nitrogen and oxygen atoms in total. The van der Waals surface area contributed by atoms with Gasteiger partial charge in [-0.05, 0) is 54.8 Å². The molecule has 1 fully saturated rings. The molecule has 2 aromatic heterocycles. The van der Waals surface area contributed by atoms with Crippen molar-refractivity contribution in [2.24, 2.45) is 0 Å². The Balaban J connectivity index is 1.29. The Kier molecular flexibility index (Phi) is 5.70. The van der Waals surface area contributed by atoms with Crippen molar-refractivity contribution in [3.8, 4) is 5.69 Å². The van der Waals surface area contributed by atoms with Crippen molar-refractivity contribution in [1.29, 1.82) is 0 Å². The van der Waals surface area contributed by atoms with Gasteiger partial charge in [0.15, 0.2) is 17.3 Å². The molecule has 1 aliphatic heterocycles. The van der Waals surface area contributed by atoms with Gasteiger partial charge < -0.3 is 5.11 Å². The van der Waals surface area contributed by atoms with E-state index in [0.717, 1.165) is 6.07 Å². The molecule has 0 spiro atoms. The van der Waals surface area contributed by atoms with Crippen LogP contribution in [0.1, 0.15) is 18.4 Å². The highest BCUT2D eigenvalue weighted by molar-refractivity contribution is 5.74. The summed E-state index contributed by atoms with van der Waals surface area (Å²) in [4.78, 5) is 19.4. The Morgan fingerprint density at radius 3 is 2.44 bits per heavy atom. The van der Waals surface area contributed by atoms with Gasteiger partial charge in [0.1, 0.15) is 17.5 Å². The number of hydrogen-bond acceptors (Lipinski definition) is 5. The number of hydrogen-bond donors (Lipinski definition) is 1. The van der Waals surface area contributed by atoms with Gasteiger partial charge in [-0.1, -0.05) is 6.07 Å². The number of benzene rings is 2. The van der Waals surface area contributed by atoms with Gasteiger partial charge in [-0.15, -0.1) is 0 Å². The fourth-order valence-corrected chi connectivity index (χ4v) is 4.33. The zero-order valence-corrected chi connectivity index (χ0v) is 18.2. The predicted molar refractivity (Wildman–Crippen MR) is 119 cm³/mol. The molecule has 3 heterocycles. The van der Waals surface area contributed by atoms with Crippen LogP contribution in [0.5, 0.6) is 0 Å². The molecule has 0 amide bonds. The number of fused-ring (bicyclic) bond motifs is 1. The lowest BCUT2D eigenvalue weighted by Crippen LogP contribution is -2.47. The molecule has 0 atom stereocenters. The number of halogens is 3. The van der Waals surface area contributed by atoms with Crippen molar-refractivity contribution in [1.82, 2.24) is 24.2 Å². The average molecular weight is 469 g/mol. The second-order valence-corrected chi connectivity index (χ2v) is 8.70. The van der Waals surface area contributed by atoms with Gasteiger partial charge in [-0.3, -0.25) is 14.3 Å². The summed E-state index contributed by atoms with van der Waals surface area (Å²) in [5.74, 6) is -2.13. The van der Waals surface area contributed by atoms with Crippen LogP contribution in [-0.4, -0.2) is 48.0 Å². The van der Waals surface area contributed by atoms with Crippen molar-refractivity contribution in [2.45, 2.75) is 31.5 Å². The van der Waals surface area contributed by atoms with Crippen molar-refractivity contribution in [2.75, 3.05) is 13.1 Å². The number of nitrogens with zero attached hydrogens (tertiary/aromatic N) is 5. The summed E-state index contributed by atoms with van der Waals surface area (Å²) in [5, 5.41) is 15.6. The van der Waals surface area contributed by atoms with Crippen LogP contribution in [0.4, 0.5) is 13.2 Å². The maximum Gasteiger partial charge on any atom is 0.264 e. The highest BCUT2D eigenvalue weighted by Gasteiger charge is 2.33. The number of likely N-dealkylation sites (tertiary alicyclic amines) is 1. The fraction of sp³-hybridized carbons (Fsp3) is 0.292. The van der Waals surface area contributed by atoms with Crippen LogP contribution in [0.3, 0.4) is 0 Å². The first-order chi connectivity index (χ1) is 16.3. The van der Waals surface area contributed by atoms with Crippen LogP contribution in [0.15, 0.2) is 59.8 Å². The summed E-state index contributed by atoms with van der Waals surface area (Å²) >= 11 is 0. The molecule has 0 bridgehead atoms. The first kappa shape index (κ1) is 22.3. The van der Waals surface area contributed by atoms with Gasteiger partial charge in [0.25, 0.3) is 5.56 Å². The third-order valence-corrected chi connectivity index (χ3v) is 6.27. The van der Waals surface area contributed by atoms with Gasteiger partial charge in [-0.2, -0.15) is 5.10 Å². The molecule has 2 aromatic carbocycles. The molecule has 176 valence electrons. The maximum atomic E-state index is 13.5. The van der Waals surface area contributed by atoms with E-state index in [1.807, 2.05) is 0 Å². The minimum absolute atomic E-state index is 0.0789. The van der Waals surface area contributed by atoms with E-state index >= 15 is 0 Å². The topological polar surface area (TPSA) is 76.2 Å². The molecule has 5 rings (SSSR count). The third-order valence-electron chi connectivity index (χ3n) is 6.27. The van der Waals surface area contributed by atoms with E-state index in [2.05, 4.69) is 15.0 Å². The van der Waals surface area contributed by atoms with E-state index in [-0.39, 0.29) is 17.9 Å². The van der Waals surface area contributed by atoms with Crippen molar-refractivity contribution in [3.63, 3.8) is 0 Å². The lowest BCUT2D eigenvalue weighted by Gasteiger charge is -2.38. The van der Waals surface area contributed by atoms with E-state index in [0.29, 0.717) is 54.8 Å². The monoisotopic (exact) mass is 469 g/mol. The zero-order chi connectivity index (χ0) is 23.9. The first-order valence-electron chi connectivity index (χ1n) is 10.9. The smallest absolute Gasteiger partial charge is 0.264 e. The molecule has 1 saturated heterocycles. The van der Waals surface area contributed by atoms with Crippen molar-refractivity contribution >= 4 is 11.0 Å². The first-order valence-corrected chi connectivity index (χ1v) is 10.9. The number of aliphatic hydroxyl groups is 1. The van der Waals surface area contributed by atoms with Gasteiger partial charge in [0.2, 0.25) is 0 Å². The number of rotatable bonds is 5. The molecule has 1 N–H and O–H groups in total. The zero-order valence-electron chi connectivity index (χ0n) is 18.2. The number of piperidine rings is 1. The minimum Gasteiger partial charge on any atom is -0.388 e. The Morgan fingerprint density at radius 2 is 1.74 bits per heavy atom. The summed E-state index contributed by atoms with van der Waals surface area (Å²) in [6.45, 7) is 1.61. The highest BCUT2D eigenvalue weighted by Crippen LogP contribution is 2.25. The molecule has 0 unspecified atom stereocenters. The Morgan fingerprint density at radius 1 is 1.00 bits per heavy atom. The van der Waals surface area contributed by atoms with Crippen LogP contribution in [0.2, 0.25) is 0 Å². The molecule has 1 aliphatic rings. The number of aromatic nitrogens is 4. The Hall–Kier alpha value is -3.50. The van der Waals surface area contributed by atoms with Crippen LogP contribution >= 0.6 is 0 Å². The van der Waals surface area contributed by atoms with E-state index < -0.39 is 17.2 Å². The standard InChI is InChI=1S/C24H22F3N5O2/c25-17-2-4-18(5-3-17)32-22-19(12-29-32)23(33)31(15-28-22)14-24(34)7-9-30(10-8-24)13-16-1-6-20(26)21(27)11-16/h1-6,11-12,15,34H,7-10,13-14H2. The lowest BCUT2D eigenvalue weighted by molar-refractivity contribution is -0.0365. The molecule has 10 heteroatoms. The van der Waals surface area contributed by atoms with Crippen LogP contribution in [-0.2, 0) is 13.1 Å². The lowest BCUT2D eigenvalue weighted by atomic mass is 9.91. The summed E-state index contributed by atoms with van der Waals surface area (Å²) in [6.07, 6.45) is 3.63. The van der Waals surface area contributed by atoms with Crippen LogP contribution in [0.25, 0.3) is 16.7 Å². The van der Waals surface area contributed by atoms with Gasteiger partial charge in [-0.25, -0.2) is 22.8 Å². The molecule has 0 radical (unpaired) electrons. The molecular weight excluding hydrogens is 447 g/mol. The van der Waals surface area contributed by atoms with E-state index in [1.54, 1.807) is 18.2 Å². The molecule has 4 aromatic rings.